The van der Waals surface area contributed by atoms with Crippen LogP contribution < -0.4 is 5.32 Å². The molecule has 0 aromatic carbocycles. The topological polar surface area (TPSA) is 49.4 Å². The van der Waals surface area contributed by atoms with Crippen molar-refractivity contribution in [3.63, 3.8) is 0 Å². The molecule has 0 spiro atoms. The van der Waals surface area contributed by atoms with E-state index in [1.165, 1.54) is 25.7 Å². The number of hydrogen-bond acceptors (Lipinski definition) is 2. The van der Waals surface area contributed by atoms with Gasteiger partial charge < -0.3 is 10.2 Å². The Morgan fingerprint density at radius 2 is 1.74 bits per heavy atom. The smallest absolute Gasteiger partial charge is 0.221 e. The van der Waals surface area contributed by atoms with Crippen molar-refractivity contribution < 1.29 is 9.59 Å². The molecule has 0 atom stereocenters. The third-order valence-electron chi connectivity index (χ3n) is 3.77. The normalized spacial score (nSPS) is 16.7. The molecule has 0 aromatic heterocycles. The lowest BCUT2D eigenvalue weighted by atomic mass is 10.1. The summed E-state index contributed by atoms with van der Waals surface area (Å²) in [5.41, 5.74) is 0. The van der Waals surface area contributed by atoms with E-state index in [9.17, 15) is 9.59 Å². The number of rotatable bonds is 6. The van der Waals surface area contributed by atoms with E-state index in [0.717, 1.165) is 25.8 Å². The molecule has 0 saturated heterocycles. The molecule has 0 aromatic rings. The van der Waals surface area contributed by atoms with Crippen LogP contribution in [0.3, 0.4) is 0 Å². The van der Waals surface area contributed by atoms with Crippen LogP contribution in [-0.2, 0) is 9.59 Å². The van der Waals surface area contributed by atoms with Crippen LogP contribution in [0.2, 0.25) is 0 Å². The summed E-state index contributed by atoms with van der Waals surface area (Å²) in [6, 6.07) is 0.354. The molecule has 0 heterocycles. The van der Waals surface area contributed by atoms with Crippen LogP contribution in [0.4, 0.5) is 0 Å². The minimum Gasteiger partial charge on any atom is -0.353 e. The van der Waals surface area contributed by atoms with Gasteiger partial charge in [-0.2, -0.15) is 0 Å². The molecular weight excluding hydrogens is 240 g/mol. The summed E-state index contributed by atoms with van der Waals surface area (Å²) in [7, 11) is 0. The van der Waals surface area contributed by atoms with Crippen LogP contribution >= 0.6 is 0 Å². The van der Waals surface area contributed by atoms with Crippen molar-refractivity contribution in [2.75, 3.05) is 13.1 Å². The molecule has 4 heteroatoms. The fourth-order valence-electron chi connectivity index (χ4n) is 2.66. The molecule has 19 heavy (non-hydrogen) atoms. The molecule has 2 amide bonds. The first-order valence-electron chi connectivity index (χ1n) is 7.68. The first-order chi connectivity index (χ1) is 9.13. The second-order valence-corrected chi connectivity index (χ2v) is 5.51. The molecule has 1 saturated carbocycles. The Kier molecular flexibility index (Phi) is 7.53. The van der Waals surface area contributed by atoms with E-state index in [4.69, 9.17) is 0 Å². The van der Waals surface area contributed by atoms with Gasteiger partial charge in [-0.3, -0.25) is 9.59 Å². The summed E-state index contributed by atoms with van der Waals surface area (Å²) in [6.45, 7) is 4.90. The summed E-state index contributed by atoms with van der Waals surface area (Å²) in [5, 5.41) is 3.12. The minimum absolute atomic E-state index is 0.0594. The summed E-state index contributed by atoms with van der Waals surface area (Å²) in [6.07, 6.45) is 8.61. The lowest BCUT2D eigenvalue weighted by Gasteiger charge is -2.21. The first-order valence-corrected chi connectivity index (χ1v) is 7.68. The van der Waals surface area contributed by atoms with Gasteiger partial charge in [0.25, 0.3) is 0 Å². The van der Waals surface area contributed by atoms with Gasteiger partial charge in [0.1, 0.15) is 0 Å². The van der Waals surface area contributed by atoms with E-state index in [1.54, 1.807) is 11.8 Å². The maximum Gasteiger partial charge on any atom is 0.221 e. The van der Waals surface area contributed by atoms with Crippen molar-refractivity contribution in [1.82, 2.24) is 10.2 Å². The van der Waals surface area contributed by atoms with E-state index in [0.29, 0.717) is 19.0 Å². The number of carbonyl (C=O) groups excluding carboxylic acids is 2. The fraction of sp³-hybridized carbons (Fsp3) is 0.867. The fourth-order valence-corrected chi connectivity index (χ4v) is 2.66. The van der Waals surface area contributed by atoms with Gasteiger partial charge in [-0.15, -0.1) is 0 Å². The molecule has 0 aliphatic heterocycles. The lowest BCUT2D eigenvalue weighted by molar-refractivity contribution is -0.129. The quantitative estimate of drug-likeness (QED) is 0.752. The minimum atomic E-state index is 0.0594. The monoisotopic (exact) mass is 268 g/mol. The average molecular weight is 268 g/mol. The molecule has 1 fully saturated rings. The highest BCUT2D eigenvalue weighted by Crippen LogP contribution is 2.17. The van der Waals surface area contributed by atoms with Crippen molar-refractivity contribution in [1.29, 1.82) is 0 Å². The van der Waals surface area contributed by atoms with Crippen molar-refractivity contribution in [3.8, 4) is 0 Å². The van der Waals surface area contributed by atoms with E-state index < -0.39 is 0 Å². The van der Waals surface area contributed by atoms with Crippen molar-refractivity contribution in [2.45, 2.75) is 71.3 Å². The standard InChI is InChI=1S/C15H28N2O2/c1-3-11-17(13(2)18)12-10-15(19)16-14-8-6-4-5-7-9-14/h14H,3-12H2,1-2H3,(H,16,19). The maximum absolute atomic E-state index is 11.9. The van der Waals surface area contributed by atoms with Crippen molar-refractivity contribution in [3.05, 3.63) is 0 Å². The second kappa shape index (κ2) is 8.94. The second-order valence-electron chi connectivity index (χ2n) is 5.51. The number of nitrogens with one attached hydrogen (secondary N) is 1. The van der Waals surface area contributed by atoms with Gasteiger partial charge in [0, 0.05) is 32.5 Å². The predicted octanol–water partition coefficient (Wildman–Crippen LogP) is 2.47. The highest BCUT2D eigenvalue weighted by molar-refractivity contribution is 5.78. The first kappa shape index (κ1) is 16.0. The third kappa shape index (κ3) is 6.60. The lowest BCUT2D eigenvalue weighted by Crippen LogP contribution is -2.38. The molecule has 1 aliphatic carbocycles. The maximum atomic E-state index is 11.9. The summed E-state index contributed by atoms with van der Waals surface area (Å²) < 4.78 is 0. The van der Waals surface area contributed by atoms with Crippen molar-refractivity contribution in [2.24, 2.45) is 0 Å². The Bertz CT molecular complexity index is 284. The van der Waals surface area contributed by atoms with Crippen LogP contribution in [0.1, 0.15) is 65.2 Å². The number of amides is 2. The highest BCUT2D eigenvalue weighted by atomic mass is 16.2. The third-order valence-corrected chi connectivity index (χ3v) is 3.77. The molecule has 0 bridgehead atoms. The molecule has 110 valence electrons. The zero-order chi connectivity index (χ0) is 14.1. The van der Waals surface area contributed by atoms with Gasteiger partial charge in [-0.05, 0) is 19.3 Å². The zero-order valence-electron chi connectivity index (χ0n) is 12.4. The summed E-state index contributed by atoms with van der Waals surface area (Å²) in [5.74, 6) is 0.151. The van der Waals surface area contributed by atoms with Gasteiger partial charge in [0.2, 0.25) is 11.8 Å². The van der Waals surface area contributed by atoms with E-state index in [1.807, 2.05) is 6.92 Å². The molecule has 0 unspecified atom stereocenters. The molecule has 1 aliphatic rings. The van der Waals surface area contributed by atoms with E-state index in [2.05, 4.69) is 5.32 Å². The Labute approximate surface area is 116 Å². The van der Waals surface area contributed by atoms with Gasteiger partial charge in [0.15, 0.2) is 0 Å². The molecule has 0 radical (unpaired) electrons. The van der Waals surface area contributed by atoms with Crippen LogP contribution in [0.25, 0.3) is 0 Å². The predicted molar refractivity (Wildman–Crippen MR) is 76.8 cm³/mol. The van der Waals surface area contributed by atoms with E-state index in [-0.39, 0.29) is 11.8 Å². The number of nitrogens with zero attached hydrogens (tertiary/aromatic N) is 1. The van der Waals surface area contributed by atoms with Crippen LogP contribution in [-0.4, -0.2) is 35.8 Å². The molecular formula is C15H28N2O2. The van der Waals surface area contributed by atoms with Gasteiger partial charge >= 0.3 is 0 Å². The largest absolute Gasteiger partial charge is 0.353 e. The Morgan fingerprint density at radius 3 is 2.26 bits per heavy atom. The van der Waals surface area contributed by atoms with Crippen molar-refractivity contribution >= 4 is 11.8 Å². The van der Waals surface area contributed by atoms with Gasteiger partial charge in [-0.1, -0.05) is 32.6 Å². The van der Waals surface area contributed by atoms with Crippen LogP contribution in [0.5, 0.6) is 0 Å². The summed E-state index contributed by atoms with van der Waals surface area (Å²) in [4.78, 5) is 25.0. The summed E-state index contributed by atoms with van der Waals surface area (Å²) >= 11 is 0. The van der Waals surface area contributed by atoms with Crippen LogP contribution in [0, 0.1) is 0 Å². The molecule has 1 rings (SSSR count). The zero-order valence-corrected chi connectivity index (χ0v) is 12.4. The SMILES string of the molecule is CCCN(CCC(=O)NC1CCCCCC1)C(C)=O. The average Bonchev–Trinajstić information content (AvgIpc) is 2.62. The van der Waals surface area contributed by atoms with Gasteiger partial charge in [0.05, 0.1) is 0 Å². The highest BCUT2D eigenvalue weighted by Gasteiger charge is 2.15. The Morgan fingerprint density at radius 1 is 1.11 bits per heavy atom. The van der Waals surface area contributed by atoms with E-state index >= 15 is 0 Å². The van der Waals surface area contributed by atoms with Crippen LogP contribution in [0.15, 0.2) is 0 Å². The number of carbonyl (C=O) groups is 2. The Balaban J connectivity index is 2.27. The number of hydrogen-bond donors (Lipinski definition) is 1. The van der Waals surface area contributed by atoms with Gasteiger partial charge in [-0.25, -0.2) is 0 Å². The molecule has 4 nitrogen and oxygen atoms in total. The Hall–Kier alpha value is -1.06. The molecule has 1 N–H and O–H groups in total.